The SMILES string of the molecule is C=CC(=O)[O-].C=CC(=O)[O-].C=CC(=O)[O-].[Sn+3][CH2]CCCCc1ccccc1. The first-order chi connectivity index (χ1) is 12.7. The molecule has 0 radical (unpaired) electrons. The number of unbranched alkanes of at least 4 members (excludes halogenated alkanes) is 2. The van der Waals surface area contributed by atoms with Gasteiger partial charge in [-0.3, -0.25) is 0 Å². The van der Waals surface area contributed by atoms with E-state index in [0.717, 1.165) is 18.2 Å². The number of benzene rings is 1. The number of carboxylic acid groups (broad SMARTS) is 3. The van der Waals surface area contributed by atoms with Gasteiger partial charge in [0.15, 0.2) is 0 Å². The fourth-order valence-electron chi connectivity index (χ4n) is 1.28. The van der Waals surface area contributed by atoms with Crippen LogP contribution >= 0.6 is 0 Å². The minimum atomic E-state index is -1.23. The van der Waals surface area contributed by atoms with Crippen LogP contribution in [0.5, 0.6) is 0 Å². The number of carboxylic acids is 3. The van der Waals surface area contributed by atoms with E-state index in [9.17, 15) is 0 Å². The molecule has 0 atom stereocenters. The predicted molar refractivity (Wildman–Crippen MR) is 100 cm³/mol. The summed E-state index contributed by atoms with van der Waals surface area (Å²) in [7, 11) is 0. The van der Waals surface area contributed by atoms with Crippen LogP contribution in [-0.4, -0.2) is 40.4 Å². The first kappa shape index (κ1) is 29.4. The number of carbonyl (C=O) groups is 3. The molecule has 0 saturated carbocycles. The first-order valence-corrected chi connectivity index (χ1v) is 9.95. The molecule has 27 heavy (non-hydrogen) atoms. The summed E-state index contributed by atoms with van der Waals surface area (Å²) in [5.41, 5.74) is 1.49. The normalized spacial score (nSPS) is 8.07. The summed E-state index contributed by atoms with van der Waals surface area (Å²) in [5, 5.41) is 27.4. The molecule has 0 bridgehead atoms. The van der Waals surface area contributed by atoms with Crippen molar-refractivity contribution in [2.75, 3.05) is 0 Å². The van der Waals surface area contributed by atoms with Gasteiger partial charge in [-0.15, -0.1) is 0 Å². The minimum absolute atomic E-state index is 0.722. The van der Waals surface area contributed by atoms with E-state index in [4.69, 9.17) is 29.7 Å². The second kappa shape index (κ2) is 23.6. The van der Waals surface area contributed by atoms with E-state index in [1.807, 2.05) is 0 Å². The zero-order valence-electron chi connectivity index (χ0n) is 15.2. The fourth-order valence-corrected chi connectivity index (χ4v) is 1.99. The van der Waals surface area contributed by atoms with Crippen molar-refractivity contribution in [2.24, 2.45) is 0 Å². The van der Waals surface area contributed by atoms with E-state index >= 15 is 0 Å². The molecule has 1 rings (SSSR count). The summed E-state index contributed by atoms with van der Waals surface area (Å²) in [6, 6.07) is 10.8. The molecule has 1 aromatic rings. The van der Waals surface area contributed by atoms with Crippen LogP contribution in [0, 0.1) is 0 Å². The molecule has 0 heterocycles. The molecule has 0 aromatic heterocycles. The number of hydrogen-bond acceptors (Lipinski definition) is 6. The Morgan fingerprint density at radius 1 is 0.778 bits per heavy atom. The van der Waals surface area contributed by atoms with Crippen molar-refractivity contribution in [3.05, 3.63) is 73.9 Å². The van der Waals surface area contributed by atoms with Crippen LogP contribution in [0.1, 0.15) is 24.8 Å². The molecule has 0 aliphatic heterocycles. The van der Waals surface area contributed by atoms with Crippen LogP contribution < -0.4 is 15.3 Å². The zero-order valence-corrected chi connectivity index (χ0v) is 18.1. The average molecular weight is 479 g/mol. The van der Waals surface area contributed by atoms with E-state index < -0.39 is 17.9 Å². The van der Waals surface area contributed by atoms with Gasteiger partial charge in [-0.25, -0.2) is 0 Å². The Hall–Kier alpha value is -2.35. The van der Waals surface area contributed by atoms with Crippen LogP contribution in [0.2, 0.25) is 4.44 Å². The van der Waals surface area contributed by atoms with Gasteiger partial charge in [-0.1, -0.05) is 19.7 Å². The van der Waals surface area contributed by atoms with Gasteiger partial charge in [0.25, 0.3) is 0 Å². The van der Waals surface area contributed by atoms with E-state index in [1.165, 1.54) is 35.7 Å². The Morgan fingerprint density at radius 3 is 1.44 bits per heavy atom. The number of aryl methyl sites for hydroxylation is 1. The molecular weight excluding hydrogens is 455 g/mol. The van der Waals surface area contributed by atoms with E-state index in [1.54, 1.807) is 22.5 Å². The maximum absolute atomic E-state index is 9.14. The quantitative estimate of drug-likeness (QED) is 0.288. The van der Waals surface area contributed by atoms with E-state index in [0.29, 0.717) is 0 Å². The van der Waals surface area contributed by atoms with Gasteiger partial charge in [0.1, 0.15) is 0 Å². The van der Waals surface area contributed by atoms with Gasteiger partial charge in [-0.2, -0.15) is 0 Å². The van der Waals surface area contributed by atoms with Crippen LogP contribution in [-0.2, 0) is 20.8 Å². The Kier molecular flexibility index (Phi) is 25.8. The number of rotatable bonds is 8. The molecule has 0 unspecified atom stereocenters. The molecule has 1 aromatic carbocycles. The molecule has 0 fully saturated rings. The first-order valence-electron chi connectivity index (χ1n) is 7.93. The van der Waals surface area contributed by atoms with Crippen molar-refractivity contribution in [1.29, 1.82) is 0 Å². The Bertz CT molecular complexity index is 512. The van der Waals surface area contributed by atoms with Crippen LogP contribution in [0.3, 0.4) is 0 Å². The number of carbonyl (C=O) groups excluding carboxylic acids is 3. The summed E-state index contributed by atoms with van der Waals surface area (Å²) >= 11 is 1.68. The van der Waals surface area contributed by atoms with E-state index in [-0.39, 0.29) is 0 Å². The van der Waals surface area contributed by atoms with Gasteiger partial charge in [0.2, 0.25) is 0 Å². The van der Waals surface area contributed by atoms with Crippen molar-refractivity contribution in [3.8, 4) is 0 Å². The van der Waals surface area contributed by atoms with Gasteiger partial charge in [0.05, 0.1) is 17.9 Å². The van der Waals surface area contributed by atoms with Crippen molar-refractivity contribution < 1.29 is 29.7 Å². The third-order valence-electron chi connectivity index (χ3n) is 2.49. The second-order valence-electron chi connectivity index (χ2n) is 4.62. The van der Waals surface area contributed by atoms with E-state index in [2.05, 4.69) is 50.1 Å². The van der Waals surface area contributed by atoms with Crippen molar-refractivity contribution in [3.63, 3.8) is 0 Å². The molecule has 0 aliphatic rings. The third-order valence-corrected chi connectivity index (χ3v) is 3.49. The van der Waals surface area contributed by atoms with Gasteiger partial charge in [0, 0.05) is 0 Å². The number of aliphatic carboxylic acids is 3. The summed E-state index contributed by atoms with van der Waals surface area (Å²) < 4.78 is 1.42. The molecule has 6 nitrogen and oxygen atoms in total. The summed E-state index contributed by atoms with van der Waals surface area (Å²) in [5.74, 6) is -3.69. The van der Waals surface area contributed by atoms with Crippen molar-refractivity contribution in [2.45, 2.75) is 30.1 Å². The zero-order chi connectivity index (χ0) is 21.5. The molecule has 7 heteroatoms. The third kappa shape index (κ3) is 35.6. The van der Waals surface area contributed by atoms with Crippen LogP contribution in [0.4, 0.5) is 0 Å². The predicted octanol–water partition coefficient (Wildman–Crippen LogP) is -0.247. The standard InChI is InChI=1S/C11H15.3C3H4O2.Sn/c1-2-3-5-8-11-9-6-4-7-10-11;3*1-2-3(4)5;/h4,6-7,9-10H,1-3,5,8H2;3*2H,1H2,(H,4,5);/q;;;;+3/p-3. The van der Waals surface area contributed by atoms with Gasteiger partial charge < -0.3 is 29.7 Å². The van der Waals surface area contributed by atoms with Crippen LogP contribution in [0.15, 0.2) is 68.3 Å². The topological polar surface area (TPSA) is 120 Å². The van der Waals surface area contributed by atoms with Crippen molar-refractivity contribution in [1.82, 2.24) is 0 Å². The summed E-state index contributed by atoms with van der Waals surface area (Å²) in [4.78, 5) is 27.4. The summed E-state index contributed by atoms with van der Waals surface area (Å²) in [6.45, 7) is 8.69. The maximum atomic E-state index is 9.14. The molecule has 0 amide bonds. The Balaban J connectivity index is -0.000000323. The molecule has 0 N–H and O–H groups in total. The average Bonchev–Trinajstić information content (AvgIpc) is 2.67. The molecule has 0 saturated heterocycles. The molecule has 0 spiro atoms. The molecule has 0 aliphatic carbocycles. The van der Waals surface area contributed by atoms with Crippen LogP contribution in [0.25, 0.3) is 0 Å². The second-order valence-corrected chi connectivity index (χ2v) is 6.04. The molecule has 144 valence electrons. The number of hydrogen-bond donors (Lipinski definition) is 0. The van der Waals surface area contributed by atoms with Gasteiger partial charge >= 0.3 is 88.5 Å². The van der Waals surface area contributed by atoms with Gasteiger partial charge in [-0.05, 0) is 18.2 Å². The van der Waals surface area contributed by atoms with Crippen molar-refractivity contribution >= 4 is 40.4 Å². The summed E-state index contributed by atoms with van der Waals surface area (Å²) in [6.07, 6.45) is 7.61. The Labute approximate surface area is 174 Å². The fraction of sp³-hybridized carbons (Fsp3) is 0.250. The monoisotopic (exact) mass is 480 g/mol. The molecular formula is C20H24O6Sn. The Morgan fingerprint density at radius 2 is 1.15 bits per heavy atom.